The second-order valence-electron chi connectivity index (χ2n) is 9.31. The van der Waals surface area contributed by atoms with Crippen molar-refractivity contribution >= 4 is 17.6 Å². The highest BCUT2D eigenvalue weighted by Crippen LogP contribution is 2.29. The monoisotopic (exact) mass is 480 g/mol. The summed E-state index contributed by atoms with van der Waals surface area (Å²) < 4.78 is 15.9. The second kappa shape index (κ2) is 11.0. The number of carbonyl (C=O) groups excluding carboxylic acids is 3. The normalized spacial score (nSPS) is 22.6. The highest BCUT2D eigenvalue weighted by Gasteiger charge is 2.50. The summed E-state index contributed by atoms with van der Waals surface area (Å²) in [6.45, 7) is 2.93. The highest BCUT2D eigenvalue weighted by molar-refractivity contribution is 5.98. The van der Waals surface area contributed by atoms with Crippen molar-refractivity contribution in [2.45, 2.75) is 43.9 Å². The van der Waals surface area contributed by atoms with E-state index in [-0.39, 0.29) is 24.0 Å². The number of ketones is 1. The van der Waals surface area contributed by atoms with E-state index in [1.165, 1.54) is 0 Å². The molecule has 0 saturated carbocycles. The summed E-state index contributed by atoms with van der Waals surface area (Å²) in [5, 5.41) is 5.81. The Bertz CT molecular complexity index is 1030. The number of Topliss-reactive ketones (excluding diaryl/α,β-unsaturated/α-hetero) is 1. The van der Waals surface area contributed by atoms with Crippen LogP contribution in [0.2, 0.25) is 0 Å². The molecule has 0 radical (unpaired) electrons. The van der Waals surface area contributed by atoms with Crippen molar-refractivity contribution in [1.82, 2.24) is 10.6 Å². The number of hydrogen-bond donors (Lipinski definition) is 2. The van der Waals surface area contributed by atoms with Crippen molar-refractivity contribution in [3.05, 3.63) is 65.7 Å². The van der Waals surface area contributed by atoms with Crippen LogP contribution < -0.4 is 15.4 Å². The first-order valence-electron chi connectivity index (χ1n) is 11.9. The second-order valence-corrected chi connectivity index (χ2v) is 9.31. The lowest BCUT2D eigenvalue weighted by Crippen LogP contribution is -2.55. The van der Waals surface area contributed by atoms with Crippen LogP contribution in [0.4, 0.5) is 0 Å². The minimum atomic E-state index is -0.886. The third kappa shape index (κ3) is 6.46. The molecule has 2 aromatic rings. The molecule has 186 valence electrons. The van der Waals surface area contributed by atoms with Crippen LogP contribution in [0, 0.1) is 5.92 Å². The zero-order valence-electron chi connectivity index (χ0n) is 20.1. The molecule has 2 fully saturated rings. The maximum atomic E-state index is 13.5. The molecule has 2 amide bonds. The summed E-state index contributed by atoms with van der Waals surface area (Å²) in [4.78, 5) is 39.5. The molecule has 2 aromatic carbocycles. The van der Waals surface area contributed by atoms with Crippen LogP contribution in [0.1, 0.15) is 24.5 Å². The lowest BCUT2D eigenvalue weighted by molar-refractivity contribution is -0.133. The van der Waals surface area contributed by atoms with Gasteiger partial charge in [0, 0.05) is 13.0 Å². The first kappa shape index (κ1) is 24.9. The first-order valence-corrected chi connectivity index (χ1v) is 11.9. The van der Waals surface area contributed by atoms with Crippen molar-refractivity contribution in [2.75, 3.05) is 26.9 Å². The molecule has 8 heteroatoms. The standard InChI is InChI=1S/C27H32N2O6/c1-27(17-35-27)24(30)22(14-18-6-4-3-5-7-18)28-26(32)23(29-25(31)20-12-13-34-16-20)15-19-8-10-21(33-2)11-9-19/h3-11,20,22-23H,12-17H2,1-2H3,(H,28,32)(H,29,31)/t20-,22-,23?,27+/m1/s1. The van der Waals surface area contributed by atoms with Gasteiger partial charge in [-0.2, -0.15) is 0 Å². The first-order chi connectivity index (χ1) is 16.9. The van der Waals surface area contributed by atoms with Gasteiger partial charge in [0.15, 0.2) is 5.78 Å². The van der Waals surface area contributed by atoms with Crippen LogP contribution in [-0.2, 0) is 36.7 Å². The predicted molar refractivity (Wildman–Crippen MR) is 129 cm³/mol. The maximum absolute atomic E-state index is 13.5. The van der Waals surface area contributed by atoms with E-state index in [2.05, 4.69) is 10.6 Å². The number of epoxide rings is 1. The van der Waals surface area contributed by atoms with Gasteiger partial charge in [0.25, 0.3) is 0 Å². The Kier molecular flexibility index (Phi) is 7.83. The lowest BCUT2D eigenvalue weighted by atomic mass is 9.94. The van der Waals surface area contributed by atoms with Gasteiger partial charge in [0.05, 0.1) is 32.3 Å². The molecular weight excluding hydrogens is 448 g/mol. The van der Waals surface area contributed by atoms with Crippen LogP contribution in [0.3, 0.4) is 0 Å². The fourth-order valence-corrected chi connectivity index (χ4v) is 4.19. The molecule has 35 heavy (non-hydrogen) atoms. The molecule has 4 atom stereocenters. The number of rotatable bonds is 11. The summed E-state index contributed by atoms with van der Waals surface area (Å²) in [5.41, 5.74) is 0.898. The molecule has 4 rings (SSSR count). The predicted octanol–water partition coefficient (Wildman–Crippen LogP) is 1.84. The smallest absolute Gasteiger partial charge is 0.243 e. The molecule has 2 aliphatic heterocycles. The van der Waals surface area contributed by atoms with E-state index in [4.69, 9.17) is 14.2 Å². The van der Waals surface area contributed by atoms with E-state index < -0.39 is 23.6 Å². The van der Waals surface area contributed by atoms with Crippen molar-refractivity contribution in [1.29, 1.82) is 0 Å². The maximum Gasteiger partial charge on any atom is 0.243 e. The average molecular weight is 481 g/mol. The molecule has 1 unspecified atom stereocenters. The third-order valence-electron chi connectivity index (χ3n) is 6.55. The number of nitrogens with one attached hydrogen (secondary N) is 2. The van der Waals surface area contributed by atoms with Crippen LogP contribution in [0.5, 0.6) is 5.75 Å². The number of methoxy groups -OCH3 is 1. The van der Waals surface area contributed by atoms with Gasteiger partial charge in [0.2, 0.25) is 11.8 Å². The molecule has 0 spiro atoms. The Labute approximate surface area is 205 Å². The quantitative estimate of drug-likeness (QED) is 0.476. The highest BCUT2D eigenvalue weighted by atomic mass is 16.6. The summed E-state index contributed by atoms with van der Waals surface area (Å²) in [6.07, 6.45) is 1.23. The van der Waals surface area contributed by atoms with Gasteiger partial charge in [-0.15, -0.1) is 0 Å². The number of ether oxygens (including phenoxy) is 3. The van der Waals surface area contributed by atoms with Crippen molar-refractivity contribution in [3.8, 4) is 5.75 Å². The Hall–Kier alpha value is -3.23. The molecular formula is C27H32N2O6. The fourth-order valence-electron chi connectivity index (χ4n) is 4.19. The van der Waals surface area contributed by atoms with Gasteiger partial charge in [-0.3, -0.25) is 14.4 Å². The van der Waals surface area contributed by atoms with Crippen LogP contribution in [0.25, 0.3) is 0 Å². The summed E-state index contributed by atoms with van der Waals surface area (Å²) in [5.74, 6) is -0.394. The van der Waals surface area contributed by atoms with E-state index in [0.29, 0.717) is 38.4 Å². The van der Waals surface area contributed by atoms with Crippen LogP contribution in [0.15, 0.2) is 54.6 Å². The molecule has 8 nitrogen and oxygen atoms in total. The number of hydrogen-bond acceptors (Lipinski definition) is 6. The van der Waals surface area contributed by atoms with Gasteiger partial charge in [0.1, 0.15) is 17.4 Å². The zero-order valence-corrected chi connectivity index (χ0v) is 20.1. The van der Waals surface area contributed by atoms with Gasteiger partial charge in [-0.05, 0) is 43.0 Å². The summed E-state index contributed by atoms with van der Waals surface area (Å²) in [6, 6.07) is 15.2. The average Bonchev–Trinajstić information content (AvgIpc) is 3.39. The van der Waals surface area contributed by atoms with Gasteiger partial charge in [-0.1, -0.05) is 42.5 Å². The number of amides is 2. The van der Waals surface area contributed by atoms with Crippen molar-refractivity contribution < 1.29 is 28.6 Å². The number of carbonyl (C=O) groups is 3. The summed E-state index contributed by atoms with van der Waals surface area (Å²) >= 11 is 0. The van der Waals surface area contributed by atoms with E-state index in [1.54, 1.807) is 14.0 Å². The Morgan fingerprint density at radius 2 is 1.66 bits per heavy atom. The fraction of sp³-hybridized carbons (Fsp3) is 0.444. The molecule has 0 aliphatic carbocycles. The van der Waals surface area contributed by atoms with E-state index in [9.17, 15) is 14.4 Å². The Balaban J connectivity index is 1.52. The van der Waals surface area contributed by atoms with Crippen LogP contribution >= 0.6 is 0 Å². The third-order valence-corrected chi connectivity index (χ3v) is 6.55. The van der Waals surface area contributed by atoms with Crippen molar-refractivity contribution in [3.63, 3.8) is 0 Å². The largest absolute Gasteiger partial charge is 0.497 e. The minimum Gasteiger partial charge on any atom is -0.497 e. The summed E-state index contributed by atoms with van der Waals surface area (Å²) in [7, 11) is 1.59. The van der Waals surface area contributed by atoms with Crippen LogP contribution in [-0.4, -0.2) is 62.2 Å². The molecule has 0 bridgehead atoms. The zero-order chi connectivity index (χ0) is 24.8. The van der Waals surface area contributed by atoms with E-state index in [0.717, 1.165) is 11.1 Å². The van der Waals surface area contributed by atoms with Gasteiger partial charge < -0.3 is 24.8 Å². The minimum absolute atomic E-state index is 0.173. The molecule has 2 saturated heterocycles. The van der Waals surface area contributed by atoms with Gasteiger partial charge in [-0.25, -0.2) is 0 Å². The molecule has 2 aliphatic rings. The van der Waals surface area contributed by atoms with Crippen molar-refractivity contribution in [2.24, 2.45) is 5.92 Å². The Morgan fingerprint density at radius 1 is 1.00 bits per heavy atom. The van der Waals surface area contributed by atoms with E-state index in [1.807, 2.05) is 54.6 Å². The molecule has 0 aromatic heterocycles. The number of benzene rings is 2. The molecule has 2 N–H and O–H groups in total. The van der Waals surface area contributed by atoms with Gasteiger partial charge >= 0.3 is 0 Å². The van der Waals surface area contributed by atoms with E-state index >= 15 is 0 Å². The topological polar surface area (TPSA) is 106 Å². The lowest BCUT2D eigenvalue weighted by Gasteiger charge is -2.25. The Morgan fingerprint density at radius 3 is 2.26 bits per heavy atom. The SMILES string of the molecule is COc1ccc(CC(NC(=O)[C@@H]2CCOC2)C(=O)N[C@H](Cc2ccccc2)C(=O)[C@]2(C)CO2)cc1. The molecule has 2 heterocycles.